The van der Waals surface area contributed by atoms with Crippen LogP contribution in [0.15, 0.2) is 35.5 Å². The second-order valence-electron chi connectivity index (χ2n) is 4.21. The Labute approximate surface area is 117 Å². The first kappa shape index (κ1) is 13.5. The van der Waals surface area contributed by atoms with Crippen molar-refractivity contribution < 1.29 is 4.84 Å². The molecule has 98 valence electrons. The van der Waals surface area contributed by atoms with Crippen LogP contribution in [0.1, 0.15) is 23.9 Å². The molecular formula is C14H14ClN3O. The quantitative estimate of drug-likeness (QED) is 0.636. The fourth-order valence-electron chi connectivity index (χ4n) is 1.59. The summed E-state index contributed by atoms with van der Waals surface area (Å²) in [5.74, 6) is 0. The molecule has 2 aromatic rings. The molecule has 19 heavy (non-hydrogen) atoms. The van der Waals surface area contributed by atoms with Crippen LogP contribution in [-0.4, -0.2) is 15.7 Å². The van der Waals surface area contributed by atoms with E-state index in [2.05, 4.69) is 15.1 Å². The van der Waals surface area contributed by atoms with Crippen LogP contribution in [0.5, 0.6) is 6.01 Å². The van der Waals surface area contributed by atoms with E-state index in [1.807, 2.05) is 51.1 Å². The smallest absolute Gasteiger partial charge is 0.315 e. The third kappa shape index (κ3) is 3.76. The first-order valence-electron chi connectivity index (χ1n) is 5.84. The lowest BCUT2D eigenvalue weighted by molar-refractivity contribution is 0.311. The lowest BCUT2D eigenvalue weighted by Crippen LogP contribution is -2.01. The standard InChI is InChI=1S/C14H14ClN3O/c1-9-8-10(2)17-14(16-9)19-18-11(3)12-4-6-13(15)7-5-12/h4-8H,1-3H3. The van der Waals surface area contributed by atoms with E-state index in [1.165, 1.54) is 0 Å². The fourth-order valence-corrected chi connectivity index (χ4v) is 1.71. The number of oxime groups is 1. The molecule has 2 rings (SSSR count). The Bertz CT molecular complexity index is 588. The van der Waals surface area contributed by atoms with Crippen LogP contribution in [0.3, 0.4) is 0 Å². The van der Waals surface area contributed by atoms with Gasteiger partial charge in [0.2, 0.25) is 0 Å². The number of aromatic nitrogens is 2. The zero-order valence-corrected chi connectivity index (χ0v) is 11.8. The molecule has 0 saturated carbocycles. The molecule has 0 aliphatic heterocycles. The highest BCUT2D eigenvalue weighted by Gasteiger charge is 2.02. The molecule has 0 bridgehead atoms. The van der Waals surface area contributed by atoms with Gasteiger partial charge in [-0.25, -0.2) is 0 Å². The van der Waals surface area contributed by atoms with Gasteiger partial charge in [0.1, 0.15) is 0 Å². The molecule has 4 nitrogen and oxygen atoms in total. The van der Waals surface area contributed by atoms with Gasteiger partial charge in [0.05, 0.1) is 5.71 Å². The van der Waals surface area contributed by atoms with E-state index < -0.39 is 0 Å². The molecule has 0 unspecified atom stereocenters. The summed E-state index contributed by atoms with van der Waals surface area (Å²) in [6.45, 7) is 5.63. The Morgan fingerprint density at radius 1 is 1.11 bits per heavy atom. The summed E-state index contributed by atoms with van der Waals surface area (Å²) in [4.78, 5) is 13.6. The van der Waals surface area contributed by atoms with Crippen molar-refractivity contribution in [2.24, 2.45) is 5.16 Å². The predicted molar refractivity (Wildman–Crippen MR) is 75.8 cm³/mol. The lowest BCUT2D eigenvalue weighted by Gasteiger charge is -2.02. The fraction of sp³-hybridized carbons (Fsp3) is 0.214. The largest absolute Gasteiger partial charge is 0.346 e. The molecule has 0 fully saturated rings. The summed E-state index contributed by atoms with van der Waals surface area (Å²) in [6.07, 6.45) is 0. The van der Waals surface area contributed by atoms with Crippen LogP contribution >= 0.6 is 11.6 Å². The molecule has 0 radical (unpaired) electrons. The van der Waals surface area contributed by atoms with E-state index in [0.29, 0.717) is 5.02 Å². The van der Waals surface area contributed by atoms with Gasteiger partial charge in [0, 0.05) is 16.4 Å². The Morgan fingerprint density at radius 3 is 2.26 bits per heavy atom. The zero-order chi connectivity index (χ0) is 13.8. The van der Waals surface area contributed by atoms with Gasteiger partial charge in [-0.1, -0.05) is 28.9 Å². The van der Waals surface area contributed by atoms with Gasteiger partial charge >= 0.3 is 6.01 Å². The third-order valence-electron chi connectivity index (χ3n) is 2.49. The average molecular weight is 276 g/mol. The van der Waals surface area contributed by atoms with E-state index in [4.69, 9.17) is 16.4 Å². The highest BCUT2D eigenvalue weighted by molar-refractivity contribution is 6.30. The van der Waals surface area contributed by atoms with Crippen LogP contribution in [0.25, 0.3) is 0 Å². The minimum absolute atomic E-state index is 0.255. The van der Waals surface area contributed by atoms with Crippen LogP contribution in [0.2, 0.25) is 5.02 Å². The Morgan fingerprint density at radius 2 is 1.68 bits per heavy atom. The minimum atomic E-state index is 0.255. The van der Waals surface area contributed by atoms with Crippen LogP contribution in [-0.2, 0) is 0 Å². The van der Waals surface area contributed by atoms with Crippen molar-refractivity contribution in [2.45, 2.75) is 20.8 Å². The first-order chi connectivity index (χ1) is 9.04. The third-order valence-corrected chi connectivity index (χ3v) is 2.74. The number of halogens is 1. The van der Waals surface area contributed by atoms with Crippen LogP contribution in [0.4, 0.5) is 0 Å². The first-order valence-corrected chi connectivity index (χ1v) is 6.22. The van der Waals surface area contributed by atoms with Gasteiger partial charge in [-0.2, -0.15) is 9.97 Å². The number of benzene rings is 1. The summed E-state index contributed by atoms with van der Waals surface area (Å²) in [7, 11) is 0. The summed E-state index contributed by atoms with van der Waals surface area (Å²) in [5.41, 5.74) is 3.37. The number of aryl methyl sites for hydroxylation is 2. The van der Waals surface area contributed by atoms with Crippen molar-refractivity contribution in [3.63, 3.8) is 0 Å². The van der Waals surface area contributed by atoms with Gasteiger partial charge in [-0.05, 0) is 44.5 Å². The predicted octanol–water partition coefficient (Wildman–Crippen LogP) is 3.55. The highest BCUT2D eigenvalue weighted by atomic mass is 35.5. The normalized spacial score (nSPS) is 11.5. The van der Waals surface area contributed by atoms with Crippen molar-refractivity contribution in [1.29, 1.82) is 0 Å². The summed E-state index contributed by atoms with van der Waals surface area (Å²) < 4.78 is 0. The zero-order valence-electron chi connectivity index (χ0n) is 11.0. The highest BCUT2D eigenvalue weighted by Crippen LogP contribution is 2.11. The maximum atomic E-state index is 5.83. The van der Waals surface area contributed by atoms with E-state index in [1.54, 1.807) is 0 Å². The van der Waals surface area contributed by atoms with Gasteiger partial charge < -0.3 is 4.84 Å². The summed E-state index contributed by atoms with van der Waals surface area (Å²) >= 11 is 5.83. The Hall–Kier alpha value is -1.94. The topological polar surface area (TPSA) is 47.4 Å². The van der Waals surface area contributed by atoms with Gasteiger partial charge in [-0.3, -0.25) is 0 Å². The summed E-state index contributed by atoms with van der Waals surface area (Å²) in [6, 6.07) is 9.51. The van der Waals surface area contributed by atoms with E-state index in [-0.39, 0.29) is 6.01 Å². The minimum Gasteiger partial charge on any atom is -0.315 e. The Balaban J connectivity index is 2.15. The molecule has 0 amide bonds. The number of nitrogens with zero attached hydrogens (tertiary/aromatic N) is 3. The molecule has 1 aromatic heterocycles. The van der Waals surface area contributed by atoms with Crippen molar-refractivity contribution in [1.82, 2.24) is 9.97 Å². The Kier molecular flexibility index (Phi) is 4.12. The SMILES string of the molecule is CC(=NOc1nc(C)cc(C)n1)c1ccc(Cl)cc1. The van der Waals surface area contributed by atoms with Crippen LogP contribution in [0, 0.1) is 13.8 Å². The van der Waals surface area contributed by atoms with E-state index >= 15 is 0 Å². The second-order valence-corrected chi connectivity index (χ2v) is 4.64. The number of hydrogen-bond donors (Lipinski definition) is 0. The molecule has 0 N–H and O–H groups in total. The average Bonchev–Trinajstić information content (AvgIpc) is 2.36. The van der Waals surface area contributed by atoms with Crippen molar-refractivity contribution in [2.75, 3.05) is 0 Å². The van der Waals surface area contributed by atoms with Gasteiger partial charge in [0.25, 0.3) is 0 Å². The lowest BCUT2D eigenvalue weighted by atomic mass is 10.1. The van der Waals surface area contributed by atoms with Gasteiger partial charge in [-0.15, -0.1) is 0 Å². The summed E-state index contributed by atoms with van der Waals surface area (Å²) in [5, 5.41) is 4.72. The maximum Gasteiger partial charge on any atom is 0.346 e. The molecule has 0 spiro atoms. The number of hydrogen-bond acceptors (Lipinski definition) is 4. The molecular weight excluding hydrogens is 262 g/mol. The van der Waals surface area contributed by atoms with Crippen molar-refractivity contribution in [3.8, 4) is 6.01 Å². The van der Waals surface area contributed by atoms with Crippen LogP contribution < -0.4 is 4.84 Å². The molecule has 1 aromatic carbocycles. The van der Waals surface area contributed by atoms with E-state index in [9.17, 15) is 0 Å². The van der Waals surface area contributed by atoms with Crippen molar-refractivity contribution >= 4 is 17.3 Å². The molecule has 0 aliphatic carbocycles. The monoisotopic (exact) mass is 275 g/mol. The molecule has 0 aliphatic rings. The second kappa shape index (κ2) is 5.80. The molecule has 5 heteroatoms. The van der Waals surface area contributed by atoms with Gasteiger partial charge in [0.15, 0.2) is 0 Å². The molecule has 0 saturated heterocycles. The molecule has 1 heterocycles. The van der Waals surface area contributed by atoms with Crippen molar-refractivity contribution in [3.05, 3.63) is 52.3 Å². The van der Waals surface area contributed by atoms with E-state index in [0.717, 1.165) is 22.7 Å². The maximum absolute atomic E-state index is 5.83. The molecule has 0 atom stereocenters. The number of rotatable bonds is 3.